The second-order valence-electron chi connectivity index (χ2n) is 7.28. The molecule has 0 bridgehead atoms. The van der Waals surface area contributed by atoms with Crippen LogP contribution in [0.2, 0.25) is 0 Å². The van der Waals surface area contributed by atoms with E-state index in [1.807, 2.05) is 13.1 Å². The van der Waals surface area contributed by atoms with Crippen molar-refractivity contribution in [2.45, 2.75) is 46.2 Å². The van der Waals surface area contributed by atoms with Gasteiger partial charge in [-0.2, -0.15) is 0 Å². The van der Waals surface area contributed by atoms with Crippen LogP contribution in [0.5, 0.6) is 0 Å². The molecule has 5 nitrogen and oxygen atoms in total. The SMILES string of the molecule is CCNC(=NCCC(C)N(C)Cc1ccccc1)NCCc1ccc(C)nc1.I. The Morgan fingerprint density at radius 3 is 2.52 bits per heavy atom. The van der Waals surface area contributed by atoms with Crippen molar-refractivity contribution < 1.29 is 0 Å². The van der Waals surface area contributed by atoms with Gasteiger partial charge >= 0.3 is 0 Å². The standard InChI is InChI=1S/C23H35N5.HI/c1-5-24-23(26-16-14-21-12-11-19(2)27-17-21)25-15-13-20(3)28(4)18-22-9-7-6-8-10-22;/h6-12,17,20H,5,13-16,18H2,1-4H3,(H2,24,25,26);1H. The van der Waals surface area contributed by atoms with E-state index in [-0.39, 0.29) is 24.0 Å². The third kappa shape index (κ3) is 10.1. The first-order valence-electron chi connectivity index (χ1n) is 10.3. The van der Waals surface area contributed by atoms with Crippen LogP contribution < -0.4 is 10.6 Å². The molecule has 0 aliphatic carbocycles. The van der Waals surface area contributed by atoms with Crippen molar-refractivity contribution in [3.63, 3.8) is 0 Å². The van der Waals surface area contributed by atoms with Gasteiger partial charge in [-0.05, 0) is 57.9 Å². The van der Waals surface area contributed by atoms with E-state index in [4.69, 9.17) is 4.99 Å². The summed E-state index contributed by atoms with van der Waals surface area (Å²) in [6.45, 7) is 9.86. The third-order valence-electron chi connectivity index (χ3n) is 4.87. The van der Waals surface area contributed by atoms with E-state index in [9.17, 15) is 0 Å². The number of rotatable bonds is 10. The zero-order valence-corrected chi connectivity index (χ0v) is 20.5. The molecule has 0 aliphatic rings. The molecule has 0 saturated carbocycles. The van der Waals surface area contributed by atoms with Crippen molar-refractivity contribution in [3.8, 4) is 0 Å². The lowest BCUT2D eigenvalue weighted by Crippen LogP contribution is -2.38. The minimum Gasteiger partial charge on any atom is -0.357 e. The Bertz CT molecular complexity index is 703. The van der Waals surface area contributed by atoms with Crippen LogP contribution in [0.15, 0.2) is 53.7 Å². The summed E-state index contributed by atoms with van der Waals surface area (Å²) in [7, 11) is 2.18. The van der Waals surface area contributed by atoms with Crippen LogP contribution in [-0.4, -0.2) is 48.6 Å². The van der Waals surface area contributed by atoms with Crippen molar-refractivity contribution in [2.24, 2.45) is 4.99 Å². The summed E-state index contributed by atoms with van der Waals surface area (Å²) in [6.07, 6.45) is 3.92. The highest BCUT2D eigenvalue weighted by atomic mass is 127. The van der Waals surface area contributed by atoms with E-state index in [2.05, 4.69) is 83.9 Å². The number of halogens is 1. The van der Waals surface area contributed by atoms with Gasteiger partial charge in [0, 0.05) is 44.1 Å². The first-order valence-corrected chi connectivity index (χ1v) is 10.3. The zero-order valence-electron chi connectivity index (χ0n) is 18.2. The lowest BCUT2D eigenvalue weighted by Gasteiger charge is -2.24. The van der Waals surface area contributed by atoms with Crippen molar-refractivity contribution in [1.29, 1.82) is 0 Å². The monoisotopic (exact) mass is 509 g/mol. The lowest BCUT2D eigenvalue weighted by molar-refractivity contribution is 0.240. The van der Waals surface area contributed by atoms with Gasteiger partial charge in [-0.25, -0.2) is 0 Å². The number of aryl methyl sites for hydroxylation is 1. The van der Waals surface area contributed by atoms with Crippen molar-refractivity contribution >= 4 is 29.9 Å². The normalized spacial score (nSPS) is 12.4. The second kappa shape index (κ2) is 14.3. The minimum absolute atomic E-state index is 0. The summed E-state index contributed by atoms with van der Waals surface area (Å²) in [6, 6.07) is 15.3. The van der Waals surface area contributed by atoms with Crippen molar-refractivity contribution in [1.82, 2.24) is 20.5 Å². The molecule has 1 atom stereocenters. The van der Waals surface area contributed by atoms with Crippen LogP contribution >= 0.6 is 24.0 Å². The number of guanidine groups is 1. The van der Waals surface area contributed by atoms with Crippen molar-refractivity contribution in [3.05, 3.63) is 65.5 Å². The molecule has 0 fully saturated rings. The number of nitrogens with one attached hydrogen (secondary N) is 2. The largest absolute Gasteiger partial charge is 0.357 e. The Morgan fingerprint density at radius 1 is 1.10 bits per heavy atom. The molecule has 2 aromatic rings. The van der Waals surface area contributed by atoms with E-state index in [0.717, 1.165) is 50.7 Å². The van der Waals surface area contributed by atoms with E-state index < -0.39 is 0 Å². The summed E-state index contributed by atoms with van der Waals surface area (Å²) in [5, 5.41) is 6.75. The summed E-state index contributed by atoms with van der Waals surface area (Å²) < 4.78 is 0. The van der Waals surface area contributed by atoms with Gasteiger partial charge in [0.2, 0.25) is 0 Å². The Labute approximate surface area is 193 Å². The molecule has 160 valence electrons. The number of hydrogen-bond donors (Lipinski definition) is 2. The molecule has 29 heavy (non-hydrogen) atoms. The number of aromatic nitrogens is 1. The summed E-state index contributed by atoms with van der Waals surface area (Å²) in [4.78, 5) is 11.5. The highest BCUT2D eigenvalue weighted by molar-refractivity contribution is 14.0. The van der Waals surface area contributed by atoms with Crippen molar-refractivity contribution in [2.75, 3.05) is 26.7 Å². The Hall–Kier alpha value is -1.67. The van der Waals surface area contributed by atoms with Crippen LogP contribution in [-0.2, 0) is 13.0 Å². The number of benzene rings is 1. The second-order valence-corrected chi connectivity index (χ2v) is 7.28. The van der Waals surface area contributed by atoms with Gasteiger partial charge in [0.25, 0.3) is 0 Å². The summed E-state index contributed by atoms with van der Waals surface area (Å²) in [5.41, 5.74) is 3.64. The molecule has 1 aromatic heterocycles. The predicted octanol–water partition coefficient (Wildman–Crippen LogP) is 4.02. The smallest absolute Gasteiger partial charge is 0.191 e. The van der Waals surface area contributed by atoms with Crippen LogP contribution in [0.3, 0.4) is 0 Å². The molecule has 0 saturated heterocycles. The molecular formula is C23H36IN5. The maximum absolute atomic E-state index is 4.74. The molecule has 1 heterocycles. The lowest BCUT2D eigenvalue weighted by atomic mass is 10.1. The average Bonchev–Trinajstić information content (AvgIpc) is 2.70. The number of aliphatic imine (C=N–C) groups is 1. The number of hydrogen-bond acceptors (Lipinski definition) is 3. The third-order valence-corrected chi connectivity index (χ3v) is 4.87. The van der Waals surface area contributed by atoms with E-state index in [0.29, 0.717) is 6.04 Å². The Kier molecular flexibility index (Phi) is 12.5. The van der Waals surface area contributed by atoms with Gasteiger partial charge < -0.3 is 10.6 Å². The topological polar surface area (TPSA) is 52.6 Å². The maximum atomic E-state index is 4.74. The van der Waals surface area contributed by atoms with E-state index in [1.165, 1.54) is 11.1 Å². The zero-order chi connectivity index (χ0) is 20.2. The van der Waals surface area contributed by atoms with Gasteiger partial charge in [-0.15, -0.1) is 24.0 Å². The summed E-state index contributed by atoms with van der Waals surface area (Å²) >= 11 is 0. The van der Waals surface area contributed by atoms with Gasteiger partial charge in [-0.3, -0.25) is 14.9 Å². The van der Waals surface area contributed by atoms with Gasteiger partial charge in [0.05, 0.1) is 0 Å². The molecule has 0 spiro atoms. The molecule has 2 N–H and O–H groups in total. The molecule has 2 rings (SSSR count). The fraction of sp³-hybridized carbons (Fsp3) is 0.478. The minimum atomic E-state index is 0. The fourth-order valence-electron chi connectivity index (χ4n) is 2.92. The maximum Gasteiger partial charge on any atom is 0.191 e. The molecule has 1 unspecified atom stereocenters. The molecule has 0 aliphatic heterocycles. The molecule has 1 aromatic carbocycles. The van der Waals surface area contributed by atoms with E-state index in [1.54, 1.807) is 0 Å². The Morgan fingerprint density at radius 2 is 1.86 bits per heavy atom. The first-order chi connectivity index (χ1) is 13.6. The van der Waals surface area contributed by atoms with Gasteiger partial charge in [-0.1, -0.05) is 36.4 Å². The first kappa shape index (κ1) is 25.4. The number of pyridine rings is 1. The molecule has 6 heteroatoms. The van der Waals surface area contributed by atoms with Crippen LogP contribution in [0, 0.1) is 6.92 Å². The molecule has 0 amide bonds. The van der Waals surface area contributed by atoms with Gasteiger partial charge in [0.15, 0.2) is 5.96 Å². The molecule has 0 radical (unpaired) electrons. The van der Waals surface area contributed by atoms with Gasteiger partial charge in [0.1, 0.15) is 0 Å². The van der Waals surface area contributed by atoms with Crippen LogP contribution in [0.1, 0.15) is 37.1 Å². The Balaban J connectivity index is 0.00000420. The highest BCUT2D eigenvalue weighted by Gasteiger charge is 2.09. The predicted molar refractivity (Wildman–Crippen MR) is 134 cm³/mol. The summed E-state index contributed by atoms with van der Waals surface area (Å²) in [5.74, 6) is 0.889. The van der Waals surface area contributed by atoms with Crippen LogP contribution in [0.4, 0.5) is 0 Å². The average molecular weight is 509 g/mol. The quantitative estimate of drug-likeness (QED) is 0.289. The van der Waals surface area contributed by atoms with E-state index >= 15 is 0 Å². The van der Waals surface area contributed by atoms with Crippen LogP contribution in [0.25, 0.3) is 0 Å². The highest BCUT2D eigenvalue weighted by Crippen LogP contribution is 2.08. The molecular weight excluding hydrogens is 473 g/mol. The fourth-order valence-corrected chi connectivity index (χ4v) is 2.92. The number of nitrogens with zero attached hydrogens (tertiary/aromatic N) is 3.